The molecule has 5 rings (SSSR count). The molecule has 10 nitrogen and oxygen atoms in total. The highest BCUT2D eigenvalue weighted by atomic mass is 32.2. The first kappa shape index (κ1) is 28.5. The molecule has 0 aliphatic carbocycles. The number of aromatic nitrogens is 2. The number of benzene rings is 4. The van der Waals surface area contributed by atoms with E-state index in [0.717, 1.165) is 4.31 Å². The third-order valence-electron chi connectivity index (χ3n) is 6.36. The Morgan fingerprint density at radius 2 is 1.55 bits per heavy atom. The first-order chi connectivity index (χ1) is 20.3. The van der Waals surface area contributed by atoms with Gasteiger partial charge in [0.25, 0.3) is 5.91 Å². The molecule has 2 N–H and O–H groups in total. The lowest BCUT2D eigenvalue weighted by Gasteiger charge is -2.27. The molecule has 0 saturated carbocycles. The van der Waals surface area contributed by atoms with Crippen LogP contribution in [0, 0.1) is 12.7 Å². The highest BCUT2D eigenvalue weighted by molar-refractivity contribution is 7.81. The Kier molecular flexibility index (Phi) is 8.27. The molecular formula is C30H25FN5O5S-. The number of nitrogens with zero attached hydrogens (tertiary/aromatic N) is 3. The van der Waals surface area contributed by atoms with Gasteiger partial charge in [-0.3, -0.25) is 13.3 Å². The van der Waals surface area contributed by atoms with Gasteiger partial charge in [0.2, 0.25) is 0 Å². The molecule has 1 heterocycles. The van der Waals surface area contributed by atoms with Crippen molar-refractivity contribution < 1.29 is 27.4 Å². The van der Waals surface area contributed by atoms with Crippen LogP contribution in [-0.4, -0.2) is 38.9 Å². The van der Waals surface area contributed by atoms with Gasteiger partial charge in [-0.05, 0) is 55.0 Å². The van der Waals surface area contributed by atoms with Crippen LogP contribution in [-0.2, 0) is 11.3 Å². The number of methoxy groups -OCH3 is 2. The fourth-order valence-corrected chi connectivity index (χ4v) is 4.83. The van der Waals surface area contributed by atoms with E-state index in [0.29, 0.717) is 28.2 Å². The first-order valence-electron chi connectivity index (χ1n) is 12.6. The number of nitrogens with one attached hydrogen (secondary N) is 2. The molecule has 1 atom stereocenters. The van der Waals surface area contributed by atoms with E-state index in [4.69, 9.17) is 9.47 Å². The van der Waals surface area contributed by atoms with Crippen LogP contribution < -0.4 is 24.4 Å². The zero-order valence-electron chi connectivity index (χ0n) is 22.8. The molecule has 0 radical (unpaired) electrons. The van der Waals surface area contributed by atoms with Crippen LogP contribution in [0.2, 0.25) is 0 Å². The maximum Gasteiger partial charge on any atom is 0.256 e. The van der Waals surface area contributed by atoms with Crippen molar-refractivity contribution in [2.45, 2.75) is 6.92 Å². The number of amides is 1. The Morgan fingerprint density at radius 1 is 0.881 bits per heavy atom. The molecule has 0 aliphatic heterocycles. The Hall–Kier alpha value is -5.07. The van der Waals surface area contributed by atoms with Gasteiger partial charge in [0, 0.05) is 35.1 Å². The topological polar surface area (TPSA) is 129 Å². The average Bonchev–Trinajstić information content (AvgIpc) is 2.98. The maximum atomic E-state index is 14.0. The predicted molar refractivity (Wildman–Crippen MR) is 159 cm³/mol. The third-order valence-corrected chi connectivity index (χ3v) is 7.04. The van der Waals surface area contributed by atoms with Gasteiger partial charge in [-0.25, -0.2) is 14.4 Å². The number of hydrogen-bond donors (Lipinski definition) is 2. The Balaban J connectivity index is 1.57. The quantitative estimate of drug-likeness (QED) is 0.201. The van der Waals surface area contributed by atoms with Gasteiger partial charge in [-0.2, -0.15) is 0 Å². The van der Waals surface area contributed by atoms with Gasteiger partial charge in [0.05, 0.1) is 42.2 Å². The minimum Gasteiger partial charge on any atom is -0.755 e. The normalized spacial score (nSPS) is 11.5. The monoisotopic (exact) mass is 586 g/mol. The Morgan fingerprint density at radius 3 is 2.21 bits per heavy atom. The van der Waals surface area contributed by atoms with E-state index in [1.807, 2.05) is 0 Å². The summed E-state index contributed by atoms with van der Waals surface area (Å²) in [7, 11) is 3.03. The number of rotatable bonds is 9. The Labute approximate surface area is 243 Å². The van der Waals surface area contributed by atoms with Gasteiger partial charge in [0.1, 0.15) is 17.3 Å². The molecule has 0 aliphatic rings. The highest BCUT2D eigenvalue weighted by Crippen LogP contribution is 2.36. The lowest BCUT2D eigenvalue weighted by Crippen LogP contribution is -2.23. The van der Waals surface area contributed by atoms with Crippen LogP contribution in [0.4, 0.5) is 33.1 Å². The number of carbonyl (C=O) groups excluding carboxylic acids is 1. The van der Waals surface area contributed by atoms with Crippen molar-refractivity contribution in [3.05, 3.63) is 102 Å². The van der Waals surface area contributed by atoms with Crippen molar-refractivity contribution in [2.75, 3.05) is 29.2 Å². The van der Waals surface area contributed by atoms with Crippen molar-refractivity contribution in [3.63, 3.8) is 0 Å². The lowest BCUT2D eigenvalue weighted by molar-refractivity contribution is 0.102. The summed E-state index contributed by atoms with van der Waals surface area (Å²) >= 11 is -2.86. The van der Waals surface area contributed by atoms with Crippen molar-refractivity contribution in [2.24, 2.45) is 0 Å². The van der Waals surface area contributed by atoms with Crippen LogP contribution in [0.5, 0.6) is 11.5 Å². The molecule has 42 heavy (non-hydrogen) atoms. The second-order valence-electron chi connectivity index (χ2n) is 9.04. The second-order valence-corrected chi connectivity index (χ2v) is 9.84. The molecule has 12 heteroatoms. The molecule has 0 bridgehead atoms. The number of hydrogen-bond acceptors (Lipinski definition) is 8. The van der Waals surface area contributed by atoms with Gasteiger partial charge in [-0.15, -0.1) is 0 Å². The molecule has 5 aromatic rings. The predicted octanol–water partition coefficient (Wildman–Crippen LogP) is 6.02. The van der Waals surface area contributed by atoms with Crippen molar-refractivity contribution >= 4 is 56.9 Å². The molecule has 0 saturated heterocycles. The molecule has 1 amide bonds. The van der Waals surface area contributed by atoms with E-state index in [9.17, 15) is 17.9 Å². The number of ether oxygens (including phenoxy) is 2. The molecule has 214 valence electrons. The summed E-state index contributed by atoms with van der Waals surface area (Å²) in [5.41, 5.74) is 2.32. The number of anilines is 5. The fourth-order valence-electron chi connectivity index (χ4n) is 4.27. The van der Waals surface area contributed by atoms with E-state index >= 15 is 0 Å². The van der Waals surface area contributed by atoms with Crippen LogP contribution in [0.3, 0.4) is 0 Å². The number of para-hydroxylation sites is 2. The van der Waals surface area contributed by atoms with Crippen LogP contribution in [0.15, 0.2) is 84.9 Å². The minimum atomic E-state index is -2.86. The second kappa shape index (κ2) is 12.2. The molecule has 4 aromatic carbocycles. The highest BCUT2D eigenvalue weighted by Gasteiger charge is 2.21. The average molecular weight is 587 g/mol. The van der Waals surface area contributed by atoms with Crippen molar-refractivity contribution in [3.8, 4) is 11.5 Å². The summed E-state index contributed by atoms with van der Waals surface area (Å²) in [4.78, 5) is 22.2. The largest absolute Gasteiger partial charge is 0.755 e. The van der Waals surface area contributed by atoms with Gasteiger partial charge >= 0.3 is 0 Å². The zero-order chi connectivity index (χ0) is 29.8. The Bertz CT molecular complexity index is 1800. The number of carbonyl (C=O) groups is 1. The molecular weight excluding hydrogens is 561 g/mol. The van der Waals surface area contributed by atoms with E-state index in [1.165, 1.54) is 45.4 Å². The van der Waals surface area contributed by atoms with Crippen LogP contribution in [0.25, 0.3) is 11.0 Å². The smallest absolute Gasteiger partial charge is 0.256 e. The fraction of sp³-hybridized carbons (Fsp3) is 0.100. The first-order valence-corrected chi connectivity index (χ1v) is 13.6. The summed E-state index contributed by atoms with van der Waals surface area (Å²) in [6.07, 6.45) is 0. The molecule has 0 spiro atoms. The third kappa shape index (κ3) is 5.99. The van der Waals surface area contributed by atoms with E-state index in [-0.39, 0.29) is 34.1 Å². The summed E-state index contributed by atoms with van der Waals surface area (Å²) in [6, 6.07) is 22.6. The van der Waals surface area contributed by atoms with Gasteiger partial charge < -0.3 is 24.7 Å². The van der Waals surface area contributed by atoms with Gasteiger partial charge in [-0.1, -0.05) is 24.3 Å². The van der Waals surface area contributed by atoms with Crippen LogP contribution >= 0.6 is 0 Å². The van der Waals surface area contributed by atoms with E-state index in [2.05, 4.69) is 20.6 Å². The molecule has 0 fully saturated rings. The SMILES string of the molecule is COc1cc(Nc2nc3ccccc3nc2N(c2cccc(NC(=O)c3cccc(F)c3C)c2)S(=O)[O-])cc(OC)c1. The molecule has 1 unspecified atom stereocenters. The summed E-state index contributed by atoms with van der Waals surface area (Å²) in [6.45, 7) is 1.51. The van der Waals surface area contributed by atoms with E-state index < -0.39 is 23.0 Å². The zero-order valence-corrected chi connectivity index (χ0v) is 23.6. The standard InChI is InChI=1S/C30H26FN5O5S/c1-18-24(10-7-11-25(18)31)30(37)33-19-8-6-9-21(14-19)36(42(38)39)29-28(34-26-12-4-5-13-27(26)35-29)32-20-15-22(40-2)17-23(16-20)41-3/h4-17H,1-3H3,(H,32,34)(H,33,37)(H,38,39)/p-1. The molecule has 1 aromatic heterocycles. The number of fused-ring (bicyclic) bond motifs is 1. The number of halogens is 1. The summed E-state index contributed by atoms with van der Waals surface area (Å²) in [5.74, 6) is 0.0831. The van der Waals surface area contributed by atoms with Crippen LogP contribution in [0.1, 0.15) is 15.9 Å². The lowest BCUT2D eigenvalue weighted by atomic mass is 10.1. The maximum absolute atomic E-state index is 14.0. The summed E-state index contributed by atoms with van der Waals surface area (Å²) in [5, 5.41) is 5.85. The van der Waals surface area contributed by atoms with E-state index in [1.54, 1.807) is 60.7 Å². The minimum absolute atomic E-state index is 0.0201. The summed E-state index contributed by atoms with van der Waals surface area (Å²) < 4.78 is 51.2. The van der Waals surface area contributed by atoms with Crippen molar-refractivity contribution in [1.29, 1.82) is 0 Å². The van der Waals surface area contributed by atoms with Crippen molar-refractivity contribution in [1.82, 2.24) is 9.97 Å². The van der Waals surface area contributed by atoms with Gasteiger partial charge in [0.15, 0.2) is 11.6 Å².